The van der Waals surface area contributed by atoms with Crippen LogP contribution in [-0.2, 0) is 16.0 Å². The van der Waals surface area contributed by atoms with Gasteiger partial charge in [-0.2, -0.15) is 0 Å². The van der Waals surface area contributed by atoms with Gasteiger partial charge in [0.1, 0.15) is 11.4 Å². The van der Waals surface area contributed by atoms with E-state index in [4.69, 9.17) is 4.74 Å². The highest BCUT2D eigenvalue weighted by atomic mass is 16.6. The predicted octanol–water partition coefficient (Wildman–Crippen LogP) is 4.98. The second-order valence-corrected chi connectivity index (χ2v) is 9.43. The van der Waals surface area contributed by atoms with E-state index in [0.717, 1.165) is 37.7 Å². The van der Waals surface area contributed by atoms with E-state index >= 15 is 0 Å². The molecule has 0 N–H and O–H groups in total. The Balaban J connectivity index is 1.68. The van der Waals surface area contributed by atoms with Crippen molar-refractivity contribution in [3.05, 3.63) is 34.9 Å². The molecule has 2 aliphatic rings. The number of Topliss-reactive ketones (excluding diaryl/α,β-unsaturated/α-hetero) is 1. The first kappa shape index (κ1) is 19.9. The van der Waals surface area contributed by atoms with Crippen molar-refractivity contribution in [2.75, 3.05) is 0 Å². The van der Waals surface area contributed by atoms with Gasteiger partial charge in [-0.3, -0.25) is 4.79 Å². The zero-order valence-electron chi connectivity index (χ0n) is 17.4. The number of aryl methyl sites for hydroxylation is 2. The number of hydrogen-bond donors (Lipinski definition) is 0. The van der Waals surface area contributed by atoms with E-state index in [1.165, 1.54) is 11.1 Å². The van der Waals surface area contributed by atoms with Gasteiger partial charge in [0, 0.05) is 24.4 Å². The van der Waals surface area contributed by atoms with Crippen molar-refractivity contribution in [1.29, 1.82) is 0 Å². The molecule has 27 heavy (non-hydrogen) atoms. The minimum absolute atomic E-state index is 0.0554. The number of ketones is 1. The van der Waals surface area contributed by atoms with E-state index in [0.29, 0.717) is 12.2 Å². The number of piperidine rings is 2. The molecule has 0 aromatic heterocycles. The van der Waals surface area contributed by atoms with E-state index in [2.05, 4.69) is 32.0 Å². The van der Waals surface area contributed by atoms with Gasteiger partial charge in [-0.1, -0.05) is 29.3 Å². The molecule has 2 saturated heterocycles. The van der Waals surface area contributed by atoms with E-state index in [1.54, 1.807) is 0 Å². The van der Waals surface area contributed by atoms with Crippen molar-refractivity contribution >= 4 is 11.9 Å². The number of nitrogens with zero attached hydrogens (tertiary/aromatic N) is 1. The first-order valence-corrected chi connectivity index (χ1v) is 10.2. The fourth-order valence-electron chi connectivity index (χ4n) is 4.77. The van der Waals surface area contributed by atoms with Crippen LogP contribution in [0.15, 0.2) is 18.2 Å². The summed E-state index contributed by atoms with van der Waals surface area (Å²) in [6.07, 6.45) is 4.92. The molecular formula is C23H33NO3. The molecule has 2 atom stereocenters. The van der Waals surface area contributed by atoms with Crippen LogP contribution in [0, 0.1) is 19.8 Å². The van der Waals surface area contributed by atoms with Gasteiger partial charge in [0.15, 0.2) is 0 Å². The minimum atomic E-state index is -0.485. The Kier molecular flexibility index (Phi) is 5.64. The van der Waals surface area contributed by atoms with E-state index in [1.807, 2.05) is 25.7 Å². The van der Waals surface area contributed by atoms with Gasteiger partial charge in [0.05, 0.1) is 0 Å². The molecule has 4 heteroatoms. The molecule has 0 radical (unpaired) electrons. The lowest BCUT2D eigenvalue weighted by atomic mass is 9.76. The van der Waals surface area contributed by atoms with Crippen LogP contribution in [0.2, 0.25) is 0 Å². The first-order valence-electron chi connectivity index (χ1n) is 10.2. The molecule has 4 nitrogen and oxygen atoms in total. The molecule has 2 unspecified atom stereocenters. The van der Waals surface area contributed by atoms with Crippen molar-refractivity contribution in [3.63, 3.8) is 0 Å². The molecule has 1 amide bonds. The zero-order valence-corrected chi connectivity index (χ0v) is 17.4. The highest BCUT2D eigenvalue weighted by Crippen LogP contribution is 2.38. The van der Waals surface area contributed by atoms with Gasteiger partial charge >= 0.3 is 6.09 Å². The first-order chi connectivity index (χ1) is 12.6. The molecule has 2 fully saturated rings. The number of hydrogen-bond acceptors (Lipinski definition) is 3. The number of amides is 1. The number of carbonyl (C=O) groups is 2. The second kappa shape index (κ2) is 7.65. The zero-order chi connectivity index (χ0) is 19.8. The minimum Gasteiger partial charge on any atom is -0.444 e. The Morgan fingerprint density at radius 2 is 1.59 bits per heavy atom. The Labute approximate surface area is 163 Å². The van der Waals surface area contributed by atoms with Crippen LogP contribution in [-0.4, -0.2) is 34.5 Å². The Morgan fingerprint density at radius 1 is 1.04 bits per heavy atom. The Morgan fingerprint density at radius 3 is 2.11 bits per heavy atom. The molecule has 2 bridgehead atoms. The lowest BCUT2D eigenvalue weighted by Gasteiger charge is -2.48. The molecule has 0 spiro atoms. The number of fused-ring (bicyclic) bond motifs is 2. The van der Waals surface area contributed by atoms with Crippen molar-refractivity contribution in [3.8, 4) is 0 Å². The summed E-state index contributed by atoms with van der Waals surface area (Å²) in [6.45, 7) is 9.86. The maximum absolute atomic E-state index is 13.0. The van der Waals surface area contributed by atoms with Gasteiger partial charge in [0.2, 0.25) is 0 Å². The van der Waals surface area contributed by atoms with Crippen LogP contribution in [0.5, 0.6) is 0 Å². The normalized spacial score (nSPS) is 25.2. The van der Waals surface area contributed by atoms with E-state index < -0.39 is 5.60 Å². The van der Waals surface area contributed by atoms with Crippen LogP contribution in [0.1, 0.15) is 69.6 Å². The van der Waals surface area contributed by atoms with Gasteiger partial charge in [0.25, 0.3) is 0 Å². The predicted molar refractivity (Wildman–Crippen MR) is 107 cm³/mol. The fraction of sp³-hybridized carbons (Fsp3) is 0.652. The monoisotopic (exact) mass is 371 g/mol. The number of ether oxygens (including phenoxy) is 1. The Hall–Kier alpha value is -1.84. The smallest absolute Gasteiger partial charge is 0.410 e. The third-order valence-corrected chi connectivity index (χ3v) is 5.69. The molecule has 1 aromatic carbocycles. The molecule has 2 aliphatic heterocycles. The summed E-state index contributed by atoms with van der Waals surface area (Å²) in [4.78, 5) is 27.6. The SMILES string of the molecule is Cc1cc(C)cc(CC(=O)C2CC3CCCC(C2)N3C(=O)OC(C)(C)C)c1. The summed E-state index contributed by atoms with van der Waals surface area (Å²) in [7, 11) is 0. The summed E-state index contributed by atoms with van der Waals surface area (Å²) in [5, 5.41) is 0. The topological polar surface area (TPSA) is 46.6 Å². The van der Waals surface area contributed by atoms with Gasteiger partial charge in [-0.25, -0.2) is 4.79 Å². The fourth-order valence-corrected chi connectivity index (χ4v) is 4.77. The maximum Gasteiger partial charge on any atom is 0.410 e. The average molecular weight is 372 g/mol. The van der Waals surface area contributed by atoms with E-state index in [9.17, 15) is 9.59 Å². The molecule has 148 valence electrons. The van der Waals surface area contributed by atoms with Crippen LogP contribution in [0.3, 0.4) is 0 Å². The van der Waals surface area contributed by atoms with Gasteiger partial charge in [-0.15, -0.1) is 0 Å². The van der Waals surface area contributed by atoms with E-state index in [-0.39, 0.29) is 24.1 Å². The highest BCUT2D eigenvalue weighted by molar-refractivity contribution is 5.84. The van der Waals surface area contributed by atoms with Crippen molar-refractivity contribution < 1.29 is 14.3 Å². The standard InChI is InChI=1S/C23H33NO3/c1-15-9-16(2)11-17(10-15)12-21(25)18-13-19-7-6-8-20(14-18)24(19)22(26)27-23(3,4)5/h9-11,18-20H,6-8,12-14H2,1-5H3. The Bertz CT molecular complexity index is 685. The third kappa shape index (κ3) is 4.91. The lowest BCUT2D eigenvalue weighted by Crippen LogP contribution is -2.56. The number of rotatable bonds is 3. The van der Waals surface area contributed by atoms with Crippen LogP contribution < -0.4 is 0 Å². The number of benzene rings is 1. The van der Waals surface area contributed by atoms with Crippen LogP contribution >= 0.6 is 0 Å². The number of carbonyl (C=O) groups excluding carboxylic acids is 2. The molecule has 1 aromatic rings. The second-order valence-electron chi connectivity index (χ2n) is 9.43. The third-order valence-electron chi connectivity index (χ3n) is 5.69. The highest BCUT2D eigenvalue weighted by Gasteiger charge is 2.44. The average Bonchev–Trinajstić information content (AvgIpc) is 2.50. The molecule has 0 aliphatic carbocycles. The summed E-state index contributed by atoms with van der Waals surface area (Å²) >= 11 is 0. The lowest BCUT2D eigenvalue weighted by molar-refractivity contribution is -0.126. The molecular weight excluding hydrogens is 338 g/mol. The quantitative estimate of drug-likeness (QED) is 0.752. The summed E-state index contributed by atoms with van der Waals surface area (Å²) in [6, 6.07) is 6.64. The van der Waals surface area contributed by atoms with Crippen LogP contribution in [0.4, 0.5) is 4.79 Å². The van der Waals surface area contributed by atoms with Gasteiger partial charge < -0.3 is 9.64 Å². The van der Waals surface area contributed by atoms with Crippen molar-refractivity contribution in [2.24, 2.45) is 5.92 Å². The summed E-state index contributed by atoms with van der Waals surface area (Å²) in [5.74, 6) is 0.376. The summed E-state index contributed by atoms with van der Waals surface area (Å²) < 4.78 is 5.63. The largest absolute Gasteiger partial charge is 0.444 e. The summed E-state index contributed by atoms with van der Waals surface area (Å²) in [5.41, 5.74) is 3.03. The van der Waals surface area contributed by atoms with Crippen molar-refractivity contribution in [2.45, 2.75) is 90.8 Å². The van der Waals surface area contributed by atoms with Crippen LogP contribution in [0.25, 0.3) is 0 Å². The maximum atomic E-state index is 13.0. The molecule has 2 heterocycles. The van der Waals surface area contributed by atoms with Crippen molar-refractivity contribution in [1.82, 2.24) is 4.90 Å². The molecule has 0 saturated carbocycles. The molecule has 3 rings (SSSR count). The van der Waals surface area contributed by atoms with Gasteiger partial charge in [-0.05, 0) is 72.3 Å².